The summed E-state index contributed by atoms with van der Waals surface area (Å²) < 4.78 is 0. The van der Waals surface area contributed by atoms with E-state index in [1.165, 1.54) is 4.90 Å². The molecule has 0 aliphatic heterocycles. The minimum Gasteiger partial charge on any atom is -0.335 e. The second-order valence-corrected chi connectivity index (χ2v) is 5.65. The van der Waals surface area contributed by atoms with E-state index in [1.54, 1.807) is 13.1 Å². The fourth-order valence-corrected chi connectivity index (χ4v) is 2.29. The van der Waals surface area contributed by atoms with Crippen molar-refractivity contribution in [3.05, 3.63) is 0 Å². The number of carbonyl (C=O) groups excluding carboxylic acids is 2. The summed E-state index contributed by atoms with van der Waals surface area (Å²) in [5, 5.41) is 10.6. The molecule has 1 rings (SSSR count). The molecule has 0 unspecified atom stereocenters. The van der Waals surface area contributed by atoms with Gasteiger partial charge in [-0.2, -0.15) is 5.26 Å². The van der Waals surface area contributed by atoms with Crippen LogP contribution in [0.3, 0.4) is 0 Å². The summed E-state index contributed by atoms with van der Waals surface area (Å²) in [7, 11) is 1.66. The number of hydrogen-bond donors (Lipinski definition) is 1. The molecule has 100 valence electrons. The number of nitrogens with zero attached hydrogens (tertiary/aromatic N) is 2. The number of nitrogens with one attached hydrogen (secondary N) is 1. The highest BCUT2D eigenvalue weighted by atomic mass is 16.2. The van der Waals surface area contributed by atoms with Crippen molar-refractivity contribution >= 4 is 11.8 Å². The Morgan fingerprint density at radius 2 is 1.94 bits per heavy atom. The monoisotopic (exact) mass is 251 g/mol. The molecule has 5 heteroatoms. The summed E-state index contributed by atoms with van der Waals surface area (Å²) in [5.74, 6) is -1.24. The maximum atomic E-state index is 11.8. The van der Waals surface area contributed by atoms with Gasteiger partial charge in [-0.25, -0.2) is 0 Å². The minimum atomic E-state index is -0.691. The second kappa shape index (κ2) is 5.85. The van der Waals surface area contributed by atoms with Gasteiger partial charge in [-0.3, -0.25) is 9.59 Å². The molecule has 1 fully saturated rings. The van der Waals surface area contributed by atoms with Crippen LogP contribution in [0.25, 0.3) is 0 Å². The molecule has 0 spiro atoms. The Labute approximate surface area is 108 Å². The highest BCUT2D eigenvalue weighted by Crippen LogP contribution is 2.36. The third kappa shape index (κ3) is 3.73. The number of likely N-dealkylation sites (N-methyl/N-ethyl adjacent to an activating group) is 1. The summed E-state index contributed by atoms with van der Waals surface area (Å²) in [6.45, 7) is 4.32. The van der Waals surface area contributed by atoms with Gasteiger partial charge in [0.25, 0.3) is 0 Å². The minimum absolute atomic E-state index is 0.129. The summed E-state index contributed by atoms with van der Waals surface area (Å²) in [5.41, 5.74) is 0.337. The zero-order chi connectivity index (χ0) is 13.8. The Morgan fingerprint density at radius 3 is 2.44 bits per heavy atom. The molecule has 0 atom stereocenters. The summed E-state index contributed by atoms with van der Waals surface area (Å²) in [4.78, 5) is 24.8. The van der Waals surface area contributed by atoms with Gasteiger partial charge in [0.05, 0.1) is 6.07 Å². The number of hydrogen-bond acceptors (Lipinski definition) is 3. The van der Waals surface area contributed by atoms with Crippen molar-refractivity contribution < 1.29 is 9.59 Å². The molecule has 18 heavy (non-hydrogen) atoms. The molecule has 2 amide bonds. The fourth-order valence-electron chi connectivity index (χ4n) is 2.29. The standard InChI is InChI=1S/C13H21N3O2/c1-13(2)6-4-10(5-7-13)16(3)12(18)11(17)15-9-8-14/h10H,4-7,9H2,1-3H3,(H,15,17). The second-order valence-electron chi connectivity index (χ2n) is 5.65. The molecule has 0 heterocycles. The van der Waals surface area contributed by atoms with Crippen molar-refractivity contribution in [3.63, 3.8) is 0 Å². The van der Waals surface area contributed by atoms with Crippen LogP contribution < -0.4 is 5.32 Å². The van der Waals surface area contributed by atoms with E-state index in [4.69, 9.17) is 5.26 Å². The van der Waals surface area contributed by atoms with Crippen LogP contribution in [0, 0.1) is 16.7 Å². The third-order valence-electron chi connectivity index (χ3n) is 3.70. The SMILES string of the molecule is CN(C(=O)C(=O)NCC#N)C1CCC(C)(C)CC1. The van der Waals surface area contributed by atoms with Crippen LogP contribution in [0.2, 0.25) is 0 Å². The summed E-state index contributed by atoms with van der Waals surface area (Å²) >= 11 is 0. The van der Waals surface area contributed by atoms with E-state index < -0.39 is 11.8 Å². The fraction of sp³-hybridized carbons (Fsp3) is 0.769. The van der Waals surface area contributed by atoms with Crippen LogP contribution in [0.5, 0.6) is 0 Å². The first-order chi connectivity index (χ1) is 8.37. The van der Waals surface area contributed by atoms with Crippen LogP contribution in [0.1, 0.15) is 39.5 Å². The van der Waals surface area contributed by atoms with Crippen LogP contribution >= 0.6 is 0 Å². The first-order valence-electron chi connectivity index (χ1n) is 6.29. The maximum absolute atomic E-state index is 11.8. The van der Waals surface area contributed by atoms with E-state index in [2.05, 4.69) is 19.2 Å². The average molecular weight is 251 g/mol. The van der Waals surface area contributed by atoms with Gasteiger partial charge in [-0.05, 0) is 31.1 Å². The Morgan fingerprint density at radius 1 is 1.39 bits per heavy atom. The van der Waals surface area contributed by atoms with E-state index in [9.17, 15) is 9.59 Å². The molecule has 0 radical (unpaired) electrons. The lowest BCUT2D eigenvalue weighted by atomic mass is 9.75. The predicted molar refractivity (Wildman–Crippen MR) is 67.4 cm³/mol. The quantitative estimate of drug-likeness (QED) is 0.589. The average Bonchev–Trinajstić information content (AvgIpc) is 2.34. The number of amides is 2. The highest BCUT2D eigenvalue weighted by molar-refractivity contribution is 6.35. The lowest BCUT2D eigenvalue weighted by Crippen LogP contribution is -2.47. The summed E-state index contributed by atoms with van der Waals surface area (Å²) in [6.07, 6.45) is 3.99. The third-order valence-corrected chi connectivity index (χ3v) is 3.70. The normalized spacial score (nSPS) is 18.8. The van der Waals surface area contributed by atoms with Crippen molar-refractivity contribution in [2.75, 3.05) is 13.6 Å². The lowest BCUT2D eigenvalue weighted by molar-refractivity contribution is -0.146. The van der Waals surface area contributed by atoms with Crippen molar-refractivity contribution in [1.82, 2.24) is 10.2 Å². The van der Waals surface area contributed by atoms with Crippen molar-refractivity contribution in [3.8, 4) is 6.07 Å². The molecule has 0 saturated heterocycles. The van der Waals surface area contributed by atoms with Gasteiger partial charge < -0.3 is 10.2 Å². The molecule has 1 aliphatic carbocycles. The first-order valence-corrected chi connectivity index (χ1v) is 6.29. The lowest BCUT2D eigenvalue weighted by Gasteiger charge is -2.38. The molecule has 0 aromatic heterocycles. The van der Waals surface area contributed by atoms with Gasteiger partial charge in [0.1, 0.15) is 6.54 Å². The molecule has 1 N–H and O–H groups in total. The Balaban J connectivity index is 2.50. The number of nitriles is 1. The summed E-state index contributed by atoms with van der Waals surface area (Å²) in [6, 6.07) is 1.92. The van der Waals surface area contributed by atoms with Gasteiger partial charge in [0.2, 0.25) is 0 Å². The van der Waals surface area contributed by atoms with Crippen LogP contribution in [0.15, 0.2) is 0 Å². The maximum Gasteiger partial charge on any atom is 0.311 e. The molecule has 5 nitrogen and oxygen atoms in total. The zero-order valence-corrected chi connectivity index (χ0v) is 11.3. The molecule has 1 saturated carbocycles. The molecule has 1 aliphatic rings. The van der Waals surface area contributed by atoms with Gasteiger partial charge in [-0.1, -0.05) is 13.8 Å². The smallest absolute Gasteiger partial charge is 0.311 e. The van der Waals surface area contributed by atoms with E-state index in [1.807, 2.05) is 0 Å². The molecular weight excluding hydrogens is 230 g/mol. The predicted octanol–water partition coefficient (Wildman–Crippen LogP) is 1.05. The van der Waals surface area contributed by atoms with Crippen molar-refractivity contribution in [2.45, 2.75) is 45.6 Å². The van der Waals surface area contributed by atoms with Gasteiger partial charge in [0.15, 0.2) is 0 Å². The number of rotatable bonds is 2. The van der Waals surface area contributed by atoms with Crippen LogP contribution in [0.4, 0.5) is 0 Å². The van der Waals surface area contributed by atoms with E-state index in [-0.39, 0.29) is 12.6 Å². The van der Waals surface area contributed by atoms with E-state index in [0.29, 0.717) is 5.41 Å². The van der Waals surface area contributed by atoms with Gasteiger partial charge in [0, 0.05) is 13.1 Å². The zero-order valence-electron chi connectivity index (χ0n) is 11.3. The van der Waals surface area contributed by atoms with Gasteiger partial charge in [-0.15, -0.1) is 0 Å². The molecule has 0 aromatic rings. The molecule has 0 bridgehead atoms. The van der Waals surface area contributed by atoms with Crippen molar-refractivity contribution in [2.24, 2.45) is 5.41 Å². The van der Waals surface area contributed by atoms with E-state index in [0.717, 1.165) is 25.7 Å². The molecular formula is C13H21N3O2. The van der Waals surface area contributed by atoms with Crippen molar-refractivity contribution in [1.29, 1.82) is 5.26 Å². The van der Waals surface area contributed by atoms with E-state index >= 15 is 0 Å². The number of carbonyl (C=O) groups is 2. The van der Waals surface area contributed by atoms with Crippen LogP contribution in [-0.4, -0.2) is 36.3 Å². The topological polar surface area (TPSA) is 73.2 Å². The largest absolute Gasteiger partial charge is 0.335 e. The van der Waals surface area contributed by atoms with Gasteiger partial charge >= 0.3 is 11.8 Å². The Bertz CT molecular complexity index is 361. The molecule has 0 aromatic carbocycles. The Hall–Kier alpha value is -1.57. The first kappa shape index (κ1) is 14.5. The van der Waals surface area contributed by atoms with Crippen LogP contribution in [-0.2, 0) is 9.59 Å². The highest BCUT2D eigenvalue weighted by Gasteiger charge is 2.32. The Kier molecular flexibility index (Phi) is 4.71.